The quantitative estimate of drug-likeness (QED) is 0.759. The number of aromatic nitrogens is 2. The van der Waals surface area contributed by atoms with Gasteiger partial charge in [0, 0.05) is 5.02 Å². The van der Waals surface area contributed by atoms with E-state index in [9.17, 15) is 0 Å². The molecule has 1 aromatic heterocycles. The number of hydrogen-bond donors (Lipinski definition) is 2. The lowest BCUT2D eigenvalue weighted by molar-refractivity contribution is 0.760. The molecular weight excluding hydrogens is 198 g/mol. The molecule has 1 heterocycles. The molecule has 0 aliphatic carbocycles. The fraction of sp³-hybridized carbons (Fsp3) is 0.300. The van der Waals surface area contributed by atoms with Gasteiger partial charge in [-0.1, -0.05) is 11.6 Å². The number of imidazole rings is 1. The number of rotatable bonds is 1. The summed E-state index contributed by atoms with van der Waals surface area (Å²) < 4.78 is 0. The first-order valence-electron chi connectivity index (χ1n) is 4.50. The average Bonchev–Trinajstić information content (AvgIpc) is 2.56. The summed E-state index contributed by atoms with van der Waals surface area (Å²) >= 11 is 5.99. The number of nitrogens with zero attached hydrogens (tertiary/aromatic N) is 1. The van der Waals surface area contributed by atoms with Crippen LogP contribution in [0.3, 0.4) is 0 Å². The van der Waals surface area contributed by atoms with Gasteiger partial charge in [-0.25, -0.2) is 4.98 Å². The number of nitrogens with two attached hydrogens (primary N) is 1. The van der Waals surface area contributed by atoms with Crippen molar-refractivity contribution < 1.29 is 0 Å². The molecule has 4 heteroatoms. The van der Waals surface area contributed by atoms with Gasteiger partial charge in [-0.2, -0.15) is 0 Å². The van der Waals surface area contributed by atoms with E-state index in [2.05, 4.69) is 9.97 Å². The van der Waals surface area contributed by atoms with E-state index in [1.807, 2.05) is 26.0 Å². The minimum atomic E-state index is -0.0828. The normalized spacial score (nSPS) is 13.4. The second-order valence-electron chi connectivity index (χ2n) is 3.48. The molecule has 0 aliphatic heterocycles. The molecule has 74 valence electrons. The first kappa shape index (κ1) is 9.49. The molecule has 0 bridgehead atoms. The Morgan fingerprint density at radius 3 is 2.86 bits per heavy atom. The van der Waals surface area contributed by atoms with E-state index in [1.54, 1.807) is 0 Å². The van der Waals surface area contributed by atoms with Crippen LogP contribution in [0.5, 0.6) is 0 Å². The molecule has 2 rings (SSSR count). The van der Waals surface area contributed by atoms with Gasteiger partial charge >= 0.3 is 0 Å². The Hall–Kier alpha value is -1.06. The summed E-state index contributed by atoms with van der Waals surface area (Å²) in [6.45, 7) is 3.85. The van der Waals surface area contributed by atoms with Gasteiger partial charge in [0.05, 0.1) is 17.1 Å². The SMILES string of the molecule is Cc1c(Cl)ccc2[nH]c([C@H](C)N)nc12. The van der Waals surface area contributed by atoms with Crippen LogP contribution in [-0.2, 0) is 0 Å². The largest absolute Gasteiger partial charge is 0.341 e. The number of nitrogens with one attached hydrogen (secondary N) is 1. The Labute approximate surface area is 87.3 Å². The van der Waals surface area contributed by atoms with Crippen molar-refractivity contribution in [3.05, 3.63) is 28.5 Å². The van der Waals surface area contributed by atoms with Crippen LogP contribution in [0.15, 0.2) is 12.1 Å². The molecule has 3 N–H and O–H groups in total. The van der Waals surface area contributed by atoms with Gasteiger partial charge < -0.3 is 10.7 Å². The third-order valence-corrected chi connectivity index (χ3v) is 2.70. The van der Waals surface area contributed by atoms with Crippen LogP contribution in [0.25, 0.3) is 11.0 Å². The third-order valence-electron chi connectivity index (χ3n) is 2.29. The van der Waals surface area contributed by atoms with Gasteiger partial charge in [0.25, 0.3) is 0 Å². The van der Waals surface area contributed by atoms with Crippen molar-refractivity contribution in [2.24, 2.45) is 5.73 Å². The van der Waals surface area contributed by atoms with Crippen molar-refractivity contribution in [2.75, 3.05) is 0 Å². The lowest BCUT2D eigenvalue weighted by Gasteiger charge is -1.96. The third kappa shape index (κ3) is 1.38. The van der Waals surface area contributed by atoms with Gasteiger partial charge in [0.15, 0.2) is 0 Å². The maximum atomic E-state index is 5.99. The topological polar surface area (TPSA) is 54.7 Å². The van der Waals surface area contributed by atoms with Crippen LogP contribution in [0.1, 0.15) is 24.4 Å². The number of aryl methyl sites for hydroxylation is 1. The second kappa shape index (κ2) is 3.26. The highest BCUT2D eigenvalue weighted by atomic mass is 35.5. The fourth-order valence-electron chi connectivity index (χ4n) is 1.42. The van der Waals surface area contributed by atoms with Crippen LogP contribution in [0.4, 0.5) is 0 Å². The van der Waals surface area contributed by atoms with Crippen LogP contribution >= 0.6 is 11.6 Å². The Morgan fingerprint density at radius 2 is 2.21 bits per heavy atom. The van der Waals surface area contributed by atoms with Gasteiger partial charge in [-0.3, -0.25) is 0 Å². The first-order valence-corrected chi connectivity index (χ1v) is 4.87. The molecule has 0 radical (unpaired) electrons. The van der Waals surface area contributed by atoms with Crippen molar-refractivity contribution in [3.63, 3.8) is 0 Å². The van der Waals surface area contributed by atoms with E-state index in [1.165, 1.54) is 0 Å². The predicted molar refractivity (Wildman–Crippen MR) is 58.4 cm³/mol. The molecule has 0 spiro atoms. The molecule has 3 nitrogen and oxygen atoms in total. The number of benzene rings is 1. The van der Waals surface area contributed by atoms with Gasteiger partial charge in [-0.05, 0) is 31.5 Å². The predicted octanol–water partition coefficient (Wildman–Crippen LogP) is 2.54. The summed E-state index contributed by atoms with van der Waals surface area (Å²) in [5.74, 6) is 0.797. The maximum absolute atomic E-state index is 5.99. The summed E-state index contributed by atoms with van der Waals surface area (Å²) in [4.78, 5) is 7.58. The number of fused-ring (bicyclic) bond motifs is 1. The first-order chi connectivity index (χ1) is 6.59. The minimum Gasteiger partial charge on any atom is -0.341 e. The van der Waals surface area contributed by atoms with Crippen molar-refractivity contribution in [3.8, 4) is 0 Å². The molecule has 0 saturated heterocycles. The number of aromatic amines is 1. The van der Waals surface area contributed by atoms with E-state index in [4.69, 9.17) is 17.3 Å². The number of H-pyrrole nitrogens is 1. The van der Waals surface area contributed by atoms with Crippen LogP contribution in [-0.4, -0.2) is 9.97 Å². The smallest absolute Gasteiger partial charge is 0.123 e. The lowest BCUT2D eigenvalue weighted by atomic mass is 10.2. The Bertz CT molecular complexity index is 473. The van der Waals surface area contributed by atoms with E-state index < -0.39 is 0 Å². The van der Waals surface area contributed by atoms with Crippen molar-refractivity contribution in [1.29, 1.82) is 0 Å². The van der Waals surface area contributed by atoms with Gasteiger partial charge in [0.2, 0.25) is 0 Å². The highest BCUT2D eigenvalue weighted by molar-refractivity contribution is 6.32. The van der Waals surface area contributed by atoms with E-state index >= 15 is 0 Å². The fourth-order valence-corrected chi connectivity index (χ4v) is 1.58. The van der Waals surface area contributed by atoms with Crippen molar-refractivity contribution in [1.82, 2.24) is 9.97 Å². The molecule has 0 aliphatic rings. The van der Waals surface area contributed by atoms with Crippen LogP contribution < -0.4 is 5.73 Å². The zero-order chi connectivity index (χ0) is 10.3. The van der Waals surface area contributed by atoms with E-state index in [-0.39, 0.29) is 6.04 Å². The molecule has 1 aromatic carbocycles. The Balaban J connectivity index is 2.71. The zero-order valence-corrected chi connectivity index (χ0v) is 8.89. The number of hydrogen-bond acceptors (Lipinski definition) is 2. The van der Waals surface area contributed by atoms with Gasteiger partial charge in [-0.15, -0.1) is 0 Å². The van der Waals surface area contributed by atoms with Crippen molar-refractivity contribution in [2.45, 2.75) is 19.9 Å². The monoisotopic (exact) mass is 209 g/mol. The van der Waals surface area contributed by atoms with Crippen LogP contribution in [0, 0.1) is 6.92 Å². The van der Waals surface area contributed by atoms with E-state index in [0.29, 0.717) is 0 Å². The second-order valence-corrected chi connectivity index (χ2v) is 3.89. The maximum Gasteiger partial charge on any atom is 0.123 e. The Morgan fingerprint density at radius 1 is 1.50 bits per heavy atom. The summed E-state index contributed by atoms with van der Waals surface area (Å²) in [5, 5.41) is 0.736. The van der Waals surface area contributed by atoms with Crippen molar-refractivity contribution >= 4 is 22.6 Å². The summed E-state index contributed by atoms with van der Waals surface area (Å²) in [7, 11) is 0. The van der Waals surface area contributed by atoms with E-state index in [0.717, 1.165) is 27.4 Å². The molecular formula is C10H12ClN3. The zero-order valence-electron chi connectivity index (χ0n) is 8.13. The summed E-state index contributed by atoms with van der Waals surface area (Å²) in [5.41, 5.74) is 8.62. The molecule has 14 heavy (non-hydrogen) atoms. The minimum absolute atomic E-state index is 0.0828. The summed E-state index contributed by atoms with van der Waals surface area (Å²) in [6, 6.07) is 3.70. The van der Waals surface area contributed by atoms with Gasteiger partial charge in [0.1, 0.15) is 5.82 Å². The Kier molecular flexibility index (Phi) is 2.21. The molecule has 2 aromatic rings. The van der Waals surface area contributed by atoms with Crippen LogP contribution in [0.2, 0.25) is 5.02 Å². The lowest BCUT2D eigenvalue weighted by Crippen LogP contribution is -2.06. The average molecular weight is 210 g/mol. The summed E-state index contributed by atoms with van der Waals surface area (Å²) in [6.07, 6.45) is 0. The molecule has 0 saturated carbocycles. The number of halogens is 1. The highest BCUT2D eigenvalue weighted by Gasteiger charge is 2.09. The molecule has 0 unspecified atom stereocenters. The molecule has 0 fully saturated rings. The molecule has 1 atom stereocenters. The highest BCUT2D eigenvalue weighted by Crippen LogP contribution is 2.24. The molecule has 0 amide bonds. The standard InChI is InChI=1S/C10H12ClN3/c1-5-7(11)3-4-8-9(5)14-10(13-8)6(2)12/h3-4,6H,12H2,1-2H3,(H,13,14)/t6-/m0/s1.